The maximum absolute atomic E-state index is 11.3. The normalized spacial score (nSPS) is 12.4. The first kappa shape index (κ1) is 14.8. The molecule has 5 N–H and O–H groups in total. The highest BCUT2D eigenvalue weighted by atomic mass is 32.2. The van der Waals surface area contributed by atoms with Gasteiger partial charge in [0.1, 0.15) is 0 Å². The molecule has 0 aliphatic rings. The lowest BCUT2D eigenvalue weighted by atomic mass is 9.90. The number of nitrogens with two attached hydrogens (primary N) is 2. The summed E-state index contributed by atoms with van der Waals surface area (Å²) in [5, 5.41) is 8.28. The predicted octanol–water partition coefficient (Wildman–Crippen LogP) is 1.76. The molecular formula is C12H21N3O2S. The van der Waals surface area contributed by atoms with E-state index in [0.29, 0.717) is 11.4 Å². The van der Waals surface area contributed by atoms with E-state index >= 15 is 0 Å². The van der Waals surface area contributed by atoms with Crippen LogP contribution in [0.2, 0.25) is 0 Å². The van der Waals surface area contributed by atoms with Crippen LogP contribution >= 0.6 is 0 Å². The van der Waals surface area contributed by atoms with Crippen molar-refractivity contribution in [1.82, 2.24) is 0 Å². The number of anilines is 2. The average Bonchev–Trinajstić information content (AvgIpc) is 2.25. The van der Waals surface area contributed by atoms with Crippen LogP contribution in [0.15, 0.2) is 23.1 Å². The van der Waals surface area contributed by atoms with E-state index < -0.39 is 10.0 Å². The van der Waals surface area contributed by atoms with E-state index in [4.69, 9.17) is 10.9 Å². The van der Waals surface area contributed by atoms with E-state index in [0.717, 1.165) is 13.0 Å². The van der Waals surface area contributed by atoms with Gasteiger partial charge in [-0.3, -0.25) is 0 Å². The van der Waals surface area contributed by atoms with Crippen LogP contribution in [0.3, 0.4) is 0 Å². The first-order valence-corrected chi connectivity index (χ1v) is 7.36. The van der Waals surface area contributed by atoms with Gasteiger partial charge in [-0.1, -0.05) is 20.8 Å². The molecule has 1 aromatic rings. The highest BCUT2D eigenvalue weighted by Crippen LogP contribution is 2.23. The number of nitrogens with one attached hydrogen (secondary N) is 1. The van der Waals surface area contributed by atoms with Crippen LogP contribution < -0.4 is 16.2 Å². The molecule has 0 spiro atoms. The molecule has 6 heteroatoms. The fourth-order valence-corrected chi connectivity index (χ4v) is 1.95. The highest BCUT2D eigenvalue weighted by Gasteiger charge is 2.15. The third kappa shape index (κ3) is 4.19. The third-order valence-electron chi connectivity index (χ3n) is 2.99. The van der Waals surface area contributed by atoms with Crippen molar-refractivity contribution in [2.75, 3.05) is 17.6 Å². The van der Waals surface area contributed by atoms with Gasteiger partial charge < -0.3 is 11.1 Å². The molecule has 0 radical (unpaired) electrons. The van der Waals surface area contributed by atoms with Crippen LogP contribution in [0.5, 0.6) is 0 Å². The number of hydrogen-bond donors (Lipinski definition) is 3. The molecule has 0 saturated heterocycles. The summed E-state index contributed by atoms with van der Waals surface area (Å²) in [6.07, 6.45) is 1.02. The lowest BCUT2D eigenvalue weighted by Crippen LogP contribution is -2.22. The summed E-state index contributed by atoms with van der Waals surface area (Å²) in [6, 6.07) is 4.54. The fraction of sp³-hybridized carbons (Fsp3) is 0.500. The van der Waals surface area contributed by atoms with Gasteiger partial charge in [-0.25, -0.2) is 13.6 Å². The average molecular weight is 271 g/mol. The molecule has 5 nitrogen and oxygen atoms in total. The van der Waals surface area contributed by atoms with Crippen LogP contribution in [0, 0.1) is 5.41 Å². The highest BCUT2D eigenvalue weighted by molar-refractivity contribution is 7.89. The summed E-state index contributed by atoms with van der Waals surface area (Å²) in [4.78, 5) is 0.0271. The zero-order valence-electron chi connectivity index (χ0n) is 11.0. The van der Waals surface area contributed by atoms with Crippen molar-refractivity contribution in [2.45, 2.75) is 32.1 Å². The Bertz CT molecular complexity index is 524. The van der Waals surface area contributed by atoms with Gasteiger partial charge in [-0.15, -0.1) is 0 Å². The topological polar surface area (TPSA) is 98.2 Å². The van der Waals surface area contributed by atoms with Gasteiger partial charge in [0.2, 0.25) is 10.0 Å². The van der Waals surface area contributed by atoms with E-state index in [2.05, 4.69) is 26.1 Å². The van der Waals surface area contributed by atoms with Crippen LogP contribution in [0.25, 0.3) is 0 Å². The lowest BCUT2D eigenvalue weighted by molar-refractivity contribution is 0.377. The van der Waals surface area contributed by atoms with E-state index in [1.54, 1.807) is 6.07 Å². The summed E-state index contributed by atoms with van der Waals surface area (Å²) in [6.45, 7) is 7.10. The third-order valence-corrected chi connectivity index (χ3v) is 3.88. The Kier molecular flexibility index (Phi) is 4.24. The maximum Gasteiger partial charge on any atom is 0.238 e. The number of rotatable bonds is 5. The smallest absolute Gasteiger partial charge is 0.238 e. The van der Waals surface area contributed by atoms with E-state index in [1.165, 1.54) is 12.1 Å². The Hall–Kier alpha value is -1.27. The Morgan fingerprint density at radius 1 is 1.28 bits per heavy atom. The molecule has 0 amide bonds. The minimum atomic E-state index is -3.73. The molecule has 0 bridgehead atoms. The minimum Gasteiger partial charge on any atom is -0.399 e. The maximum atomic E-state index is 11.3. The summed E-state index contributed by atoms with van der Waals surface area (Å²) in [5.74, 6) is 0. The van der Waals surface area contributed by atoms with Gasteiger partial charge in [0.25, 0.3) is 0 Å². The minimum absolute atomic E-state index is 0.0271. The van der Waals surface area contributed by atoms with Crippen molar-refractivity contribution in [2.24, 2.45) is 10.6 Å². The molecule has 0 aliphatic heterocycles. The molecular weight excluding hydrogens is 250 g/mol. The van der Waals surface area contributed by atoms with Crippen LogP contribution in [-0.4, -0.2) is 15.0 Å². The number of hydrogen-bond acceptors (Lipinski definition) is 4. The fourth-order valence-electron chi connectivity index (χ4n) is 1.35. The van der Waals surface area contributed by atoms with Crippen molar-refractivity contribution in [1.29, 1.82) is 0 Å². The second-order valence-corrected chi connectivity index (χ2v) is 6.77. The van der Waals surface area contributed by atoms with Crippen molar-refractivity contribution in [3.63, 3.8) is 0 Å². The summed E-state index contributed by atoms with van der Waals surface area (Å²) in [5.41, 5.74) is 6.84. The Morgan fingerprint density at radius 3 is 2.39 bits per heavy atom. The van der Waals surface area contributed by atoms with Gasteiger partial charge in [-0.05, 0) is 30.0 Å². The monoisotopic (exact) mass is 271 g/mol. The predicted molar refractivity (Wildman–Crippen MR) is 74.8 cm³/mol. The molecule has 0 aliphatic carbocycles. The van der Waals surface area contributed by atoms with Crippen LogP contribution in [-0.2, 0) is 10.0 Å². The van der Waals surface area contributed by atoms with Crippen molar-refractivity contribution in [3.05, 3.63) is 18.2 Å². The molecule has 0 fully saturated rings. The molecule has 102 valence electrons. The summed E-state index contributed by atoms with van der Waals surface area (Å²) >= 11 is 0. The van der Waals surface area contributed by atoms with Gasteiger partial charge >= 0.3 is 0 Å². The molecule has 1 rings (SSSR count). The number of nitrogen functional groups attached to an aromatic ring is 1. The standard InChI is InChI=1S/C12H21N3O2S/c1-4-12(2,3)8-15-10-5-9(13)6-11(7-10)18(14,16)17/h5-7,15H,4,8,13H2,1-3H3,(H2,14,16,17). The number of primary sulfonamides is 1. The molecule has 0 aromatic heterocycles. The molecule has 0 heterocycles. The van der Waals surface area contributed by atoms with E-state index in [1.807, 2.05) is 0 Å². The number of benzene rings is 1. The summed E-state index contributed by atoms with van der Waals surface area (Å²) in [7, 11) is -3.73. The van der Waals surface area contributed by atoms with E-state index in [-0.39, 0.29) is 10.3 Å². The summed E-state index contributed by atoms with van der Waals surface area (Å²) < 4.78 is 22.6. The quantitative estimate of drug-likeness (QED) is 0.711. The van der Waals surface area contributed by atoms with Gasteiger partial charge in [0.15, 0.2) is 0 Å². The van der Waals surface area contributed by atoms with Gasteiger partial charge in [0.05, 0.1) is 4.90 Å². The second kappa shape index (κ2) is 5.16. The molecule has 0 atom stereocenters. The van der Waals surface area contributed by atoms with Crippen LogP contribution in [0.4, 0.5) is 11.4 Å². The Morgan fingerprint density at radius 2 is 1.89 bits per heavy atom. The lowest BCUT2D eigenvalue weighted by Gasteiger charge is -2.23. The second-order valence-electron chi connectivity index (χ2n) is 5.21. The molecule has 18 heavy (non-hydrogen) atoms. The van der Waals surface area contributed by atoms with Gasteiger partial charge in [0, 0.05) is 17.9 Å². The Labute approximate surface area is 109 Å². The van der Waals surface area contributed by atoms with E-state index in [9.17, 15) is 8.42 Å². The SMILES string of the molecule is CCC(C)(C)CNc1cc(N)cc(S(N)(=O)=O)c1. The van der Waals surface area contributed by atoms with Crippen molar-refractivity contribution >= 4 is 21.4 Å². The zero-order chi connectivity index (χ0) is 14.0. The molecule has 0 saturated carbocycles. The van der Waals surface area contributed by atoms with Crippen LogP contribution in [0.1, 0.15) is 27.2 Å². The van der Waals surface area contributed by atoms with Crippen molar-refractivity contribution in [3.8, 4) is 0 Å². The Balaban J connectivity index is 2.95. The molecule has 1 aromatic carbocycles. The number of sulfonamides is 1. The van der Waals surface area contributed by atoms with Gasteiger partial charge in [-0.2, -0.15) is 0 Å². The first-order chi connectivity index (χ1) is 8.14. The molecule has 0 unspecified atom stereocenters. The zero-order valence-corrected chi connectivity index (χ0v) is 11.8. The van der Waals surface area contributed by atoms with Crippen molar-refractivity contribution < 1.29 is 8.42 Å². The largest absolute Gasteiger partial charge is 0.399 e. The first-order valence-electron chi connectivity index (χ1n) is 5.81.